The van der Waals surface area contributed by atoms with E-state index in [0.29, 0.717) is 44.6 Å². The van der Waals surface area contributed by atoms with Gasteiger partial charge < -0.3 is 31.0 Å². The van der Waals surface area contributed by atoms with E-state index in [1.165, 1.54) is 0 Å². The van der Waals surface area contributed by atoms with Gasteiger partial charge in [-0.05, 0) is 66.4 Å². The van der Waals surface area contributed by atoms with Crippen LogP contribution >= 0.6 is 0 Å². The molecule has 0 fully saturated rings. The van der Waals surface area contributed by atoms with E-state index >= 15 is 0 Å². The van der Waals surface area contributed by atoms with Gasteiger partial charge in [-0.15, -0.1) is 0 Å². The van der Waals surface area contributed by atoms with Crippen LogP contribution in [0.3, 0.4) is 0 Å². The van der Waals surface area contributed by atoms with E-state index in [2.05, 4.69) is 49.4 Å². The molecule has 0 aliphatic heterocycles. The second-order valence-electron chi connectivity index (χ2n) is 11.3. The number of hydrogen-bond acceptors (Lipinski definition) is 6. The van der Waals surface area contributed by atoms with Crippen molar-refractivity contribution >= 4 is 22.6 Å². The number of fused-ring (bicyclic) bond motifs is 1. The minimum Gasteiger partial charge on any atom is -0.496 e. The monoisotopic (exact) mass is 618 g/mol. The van der Waals surface area contributed by atoms with E-state index in [9.17, 15) is 9.59 Å². The molecule has 2 amide bonds. The minimum atomic E-state index is -0.701. The maximum Gasteiger partial charge on any atom is 0.251 e. The van der Waals surface area contributed by atoms with Crippen LogP contribution < -0.4 is 26.0 Å². The van der Waals surface area contributed by atoms with Gasteiger partial charge in [0.2, 0.25) is 5.91 Å². The SMILES string of the molecule is COc1ccccc1CNCCC[C@H](NC(=O)c1ccc(CNCc2ncc[nH]2)cc1)C(=O)N[C@@H](C)c1cccc2ccccc12. The van der Waals surface area contributed by atoms with Gasteiger partial charge in [-0.1, -0.05) is 72.8 Å². The van der Waals surface area contributed by atoms with Crippen LogP contribution in [0.1, 0.15) is 58.7 Å². The highest BCUT2D eigenvalue weighted by Gasteiger charge is 2.23. The Hall–Kier alpha value is -4.99. The fraction of sp³-hybridized carbons (Fsp3) is 0.270. The predicted molar refractivity (Wildman–Crippen MR) is 181 cm³/mol. The number of H-pyrrole nitrogens is 1. The summed E-state index contributed by atoms with van der Waals surface area (Å²) < 4.78 is 5.45. The molecule has 46 heavy (non-hydrogen) atoms. The Labute approximate surface area is 270 Å². The number of nitrogens with one attached hydrogen (secondary N) is 5. The maximum absolute atomic E-state index is 13.7. The molecule has 0 saturated carbocycles. The Morgan fingerprint density at radius 1 is 0.848 bits per heavy atom. The first-order valence-electron chi connectivity index (χ1n) is 15.7. The van der Waals surface area contributed by atoms with Crippen LogP contribution in [-0.2, 0) is 24.4 Å². The third-order valence-electron chi connectivity index (χ3n) is 8.02. The molecule has 5 rings (SSSR count). The molecule has 9 nitrogen and oxygen atoms in total. The summed E-state index contributed by atoms with van der Waals surface area (Å²) in [5, 5.41) is 15.2. The second-order valence-corrected chi connectivity index (χ2v) is 11.3. The zero-order valence-electron chi connectivity index (χ0n) is 26.4. The molecule has 2 atom stereocenters. The minimum absolute atomic E-state index is 0.211. The lowest BCUT2D eigenvalue weighted by atomic mass is 9.99. The summed E-state index contributed by atoms with van der Waals surface area (Å²) in [5.41, 5.74) is 3.65. The number of amides is 2. The molecule has 0 bridgehead atoms. The van der Waals surface area contributed by atoms with Crippen LogP contribution in [0.5, 0.6) is 5.75 Å². The highest BCUT2D eigenvalue weighted by Crippen LogP contribution is 2.24. The van der Waals surface area contributed by atoms with Crippen LogP contribution in [0.4, 0.5) is 0 Å². The number of carbonyl (C=O) groups excluding carboxylic acids is 2. The molecular weight excluding hydrogens is 576 g/mol. The molecule has 9 heteroatoms. The number of carbonyl (C=O) groups is 2. The lowest BCUT2D eigenvalue weighted by Gasteiger charge is -2.23. The van der Waals surface area contributed by atoms with Gasteiger partial charge in [-0.3, -0.25) is 9.59 Å². The molecular formula is C37H42N6O3. The molecule has 0 aliphatic rings. The first kappa shape index (κ1) is 32.4. The van der Waals surface area contributed by atoms with Crippen LogP contribution in [0.15, 0.2) is 103 Å². The fourth-order valence-electron chi connectivity index (χ4n) is 5.53. The number of ether oxygens (including phenoxy) is 1. The van der Waals surface area contributed by atoms with Crippen LogP contribution in [0, 0.1) is 0 Å². The van der Waals surface area contributed by atoms with Crippen molar-refractivity contribution < 1.29 is 14.3 Å². The highest BCUT2D eigenvalue weighted by atomic mass is 16.5. The summed E-state index contributed by atoms with van der Waals surface area (Å²) in [4.78, 5) is 34.3. The van der Waals surface area contributed by atoms with Gasteiger partial charge in [0.15, 0.2) is 0 Å². The number of nitrogens with zero attached hydrogens (tertiary/aromatic N) is 1. The molecule has 1 heterocycles. The standard InChI is InChI=1S/C37H42N6O3/c1-26(31-13-7-11-28-9-3-5-12-32(28)31)42-37(45)33(14-8-20-38-24-30-10-4-6-15-34(30)46-2)43-36(44)29-18-16-27(17-19-29)23-39-25-35-40-21-22-41-35/h3-7,9-13,15-19,21-22,26,33,38-39H,8,14,20,23-25H2,1-2H3,(H,40,41)(H,42,45)(H,43,44)/t26-,33-/m0/s1. The van der Waals surface area contributed by atoms with Gasteiger partial charge in [0, 0.05) is 36.6 Å². The molecule has 0 saturated heterocycles. The fourth-order valence-corrected chi connectivity index (χ4v) is 5.53. The van der Waals surface area contributed by atoms with E-state index < -0.39 is 6.04 Å². The number of hydrogen-bond donors (Lipinski definition) is 5. The van der Waals surface area contributed by atoms with Crippen molar-refractivity contribution in [2.45, 2.75) is 51.5 Å². The Kier molecular flexibility index (Phi) is 11.5. The van der Waals surface area contributed by atoms with E-state index in [0.717, 1.165) is 39.0 Å². The second kappa shape index (κ2) is 16.4. The van der Waals surface area contributed by atoms with E-state index in [1.807, 2.05) is 67.6 Å². The van der Waals surface area contributed by atoms with Crippen LogP contribution in [0.25, 0.3) is 10.8 Å². The first-order chi connectivity index (χ1) is 22.5. The summed E-state index contributed by atoms with van der Waals surface area (Å²) >= 11 is 0. The molecule has 5 aromatic rings. The summed E-state index contributed by atoms with van der Waals surface area (Å²) in [7, 11) is 1.66. The number of aromatic nitrogens is 2. The summed E-state index contributed by atoms with van der Waals surface area (Å²) in [5.74, 6) is 1.21. The van der Waals surface area contributed by atoms with E-state index in [4.69, 9.17) is 4.74 Å². The topological polar surface area (TPSA) is 120 Å². The van der Waals surface area contributed by atoms with Crippen LogP contribution in [0.2, 0.25) is 0 Å². The van der Waals surface area contributed by atoms with Crippen molar-refractivity contribution in [3.63, 3.8) is 0 Å². The zero-order valence-corrected chi connectivity index (χ0v) is 26.4. The summed E-state index contributed by atoms with van der Waals surface area (Å²) in [6.45, 7) is 4.56. The highest BCUT2D eigenvalue weighted by molar-refractivity contribution is 5.97. The number of imidazole rings is 1. The van der Waals surface area contributed by atoms with Crippen molar-refractivity contribution in [2.24, 2.45) is 0 Å². The van der Waals surface area contributed by atoms with Crippen molar-refractivity contribution in [3.8, 4) is 5.75 Å². The normalized spacial score (nSPS) is 12.4. The average molecular weight is 619 g/mol. The average Bonchev–Trinajstić information content (AvgIpc) is 3.61. The molecule has 0 radical (unpaired) electrons. The molecule has 1 aromatic heterocycles. The van der Waals surface area contributed by atoms with Crippen molar-refractivity contribution in [3.05, 3.63) is 131 Å². The number of para-hydroxylation sites is 1. The Balaban J connectivity index is 1.21. The van der Waals surface area contributed by atoms with Gasteiger partial charge in [-0.25, -0.2) is 4.98 Å². The van der Waals surface area contributed by atoms with Gasteiger partial charge in [0.25, 0.3) is 5.91 Å². The predicted octanol–water partition coefficient (Wildman–Crippen LogP) is 5.41. The van der Waals surface area contributed by atoms with Gasteiger partial charge in [0.05, 0.1) is 19.7 Å². The van der Waals surface area contributed by atoms with Crippen molar-refractivity contribution in [2.75, 3.05) is 13.7 Å². The quantitative estimate of drug-likeness (QED) is 0.0944. The van der Waals surface area contributed by atoms with Gasteiger partial charge in [-0.2, -0.15) is 0 Å². The molecule has 0 unspecified atom stereocenters. The number of rotatable bonds is 16. The summed E-state index contributed by atoms with van der Waals surface area (Å²) in [6.07, 6.45) is 4.69. The third kappa shape index (κ3) is 8.80. The molecule has 238 valence electrons. The lowest BCUT2D eigenvalue weighted by Crippen LogP contribution is -2.47. The Bertz CT molecular complexity index is 1700. The summed E-state index contributed by atoms with van der Waals surface area (Å²) in [6, 6.07) is 28.6. The van der Waals surface area contributed by atoms with Gasteiger partial charge >= 0.3 is 0 Å². The number of benzene rings is 4. The largest absolute Gasteiger partial charge is 0.496 e. The van der Waals surface area contributed by atoms with E-state index in [1.54, 1.807) is 31.6 Å². The van der Waals surface area contributed by atoms with Crippen LogP contribution in [-0.4, -0.2) is 41.5 Å². The Morgan fingerprint density at radius 2 is 1.63 bits per heavy atom. The maximum atomic E-state index is 13.7. The molecule has 4 aromatic carbocycles. The molecule has 5 N–H and O–H groups in total. The number of methoxy groups -OCH3 is 1. The molecule has 0 aliphatic carbocycles. The van der Waals surface area contributed by atoms with Gasteiger partial charge in [0.1, 0.15) is 17.6 Å². The number of aromatic amines is 1. The zero-order chi connectivity index (χ0) is 32.1. The molecule has 0 spiro atoms. The first-order valence-corrected chi connectivity index (χ1v) is 15.7. The Morgan fingerprint density at radius 3 is 2.43 bits per heavy atom. The van der Waals surface area contributed by atoms with Crippen molar-refractivity contribution in [1.29, 1.82) is 0 Å². The third-order valence-corrected chi connectivity index (χ3v) is 8.02. The van der Waals surface area contributed by atoms with E-state index in [-0.39, 0.29) is 17.9 Å². The lowest BCUT2D eigenvalue weighted by molar-refractivity contribution is -0.123. The van der Waals surface area contributed by atoms with Crippen molar-refractivity contribution in [1.82, 2.24) is 31.2 Å². The smallest absolute Gasteiger partial charge is 0.251 e.